The summed E-state index contributed by atoms with van der Waals surface area (Å²) in [5.41, 5.74) is 5.60. The van der Waals surface area contributed by atoms with Crippen LogP contribution in [0.2, 0.25) is 0 Å². The lowest BCUT2D eigenvalue weighted by atomic mass is 10.1. The lowest BCUT2D eigenvalue weighted by Crippen LogP contribution is -2.29. The van der Waals surface area contributed by atoms with E-state index >= 15 is 0 Å². The highest BCUT2D eigenvalue weighted by Gasteiger charge is 2.18. The molecule has 376 valence electrons. The van der Waals surface area contributed by atoms with Crippen LogP contribution in [-0.2, 0) is 44.5 Å². The van der Waals surface area contributed by atoms with Crippen molar-refractivity contribution in [2.75, 3.05) is 45.3 Å². The predicted octanol–water partition coefficient (Wildman–Crippen LogP) is 8.65. The number of para-hydroxylation sites is 1. The zero-order valence-electron chi connectivity index (χ0n) is 39.3. The lowest BCUT2D eigenvalue weighted by molar-refractivity contribution is -0.148. The van der Waals surface area contributed by atoms with Gasteiger partial charge in [-0.15, -0.1) is 0 Å². The van der Waals surface area contributed by atoms with E-state index in [1.54, 1.807) is 30.3 Å². The van der Waals surface area contributed by atoms with Gasteiger partial charge in [-0.3, -0.25) is 5.43 Å². The number of aromatic nitrogens is 1. The Bertz CT molecular complexity index is 2880. The number of carbonyl (C=O) groups excluding carboxylic acids is 6. The van der Waals surface area contributed by atoms with Crippen molar-refractivity contribution < 1.29 is 71.4 Å². The molecule has 18 nitrogen and oxygen atoms in total. The first-order valence-corrected chi connectivity index (χ1v) is 23.3. The number of hydrogen-bond acceptors (Lipinski definition) is 19. The number of carbonyl (C=O) groups is 6. The van der Waals surface area contributed by atoms with E-state index in [4.69, 9.17) is 42.6 Å². The van der Waals surface area contributed by atoms with Gasteiger partial charge in [0.15, 0.2) is 6.10 Å². The Morgan fingerprint density at radius 1 is 0.616 bits per heavy atom. The molecule has 0 aliphatic rings. The molecule has 1 unspecified atom stereocenters. The van der Waals surface area contributed by atoms with Crippen molar-refractivity contribution in [3.8, 4) is 23.0 Å². The molecule has 0 amide bonds. The maximum Gasteiger partial charge on any atom is 0.343 e. The maximum atomic E-state index is 13.5. The number of hydrazone groups is 1. The van der Waals surface area contributed by atoms with Crippen LogP contribution < -0.4 is 24.4 Å². The summed E-state index contributed by atoms with van der Waals surface area (Å²) >= 11 is 1.42. The molecule has 1 N–H and O–H groups in total. The standard InChI is InChI=1S/C54H49N3O15S/c1-4-48(58)65-29-10-9-28-64-33-44(70-50(60)6-3)34-67-41-20-14-39(15-21-41)53(63)72-46-26-13-36(31-40(46)32-55-57-54-56-45-11-7-8-12-47(45)73-54)27-30-66-51(61)37-18-24-43(25-19-37)71-52(62)38-16-22-42(23-17-38)68-35-69-49(59)5-2/h4-8,11-26,31-32,44H,1-3,9-10,27-30,33-35H2,(H,56,57). The Kier molecular flexibility index (Phi) is 20.5. The van der Waals surface area contributed by atoms with Crippen molar-refractivity contribution in [2.24, 2.45) is 5.10 Å². The van der Waals surface area contributed by atoms with E-state index in [2.05, 4.69) is 35.2 Å². The molecule has 5 aromatic carbocycles. The first-order chi connectivity index (χ1) is 35.5. The Morgan fingerprint density at radius 3 is 1.92 bits per heavy atom. The van der Waals surface area contributed by atoms with Gasteiger partial charge in [0.2, 0.25) is 11.9 Å². The van der Waals surface area contributed by atoms with E-state index in [0.717, 1.165) is 34.0 Å². The van der Waals surface area contributed by atoms with Crippen LogP contribution in [0.5, 0.6) is 23.0 Å². The molecule has 0 saturated carbocycles. The number of nitrogens with one attached hydrogen (secondary N) is 1. The van der Waals surface area contributed by atoms with Crippen molar-refractivity contribution in [1.29, 1.82) is 0 Å². The minimum absolute atomic E-state index is 0.00111. The van der Waals surface area contributed by atoms with E-state index in [0.29, 0.717) is 48.1 Å². The zero-order valence-corrected chi connectivity index (χ0v) is 40.1. The van der Waals surface area contributed by atoms with Crippen LogP contribution in [0.4, 0.5) is 5.13 Å². The number of nitrogens with zero attached hydrogens (tertiary/aromatic N) is 2. The van der Waals surface area contributed by atoms with Gasteiger partial charge in [-0.2, -0.15) is 5.10 Å². The summed E-state index contributed by atoms with van der Waals surface area (Å²) in [7, 11) is 0. The minimum Gasteiger partial charge on any atom is -0.490 e. The number of esters is 6. The van der Waals surface area contributed by atoms with E-state index in [1.807, 2.05) is 24.3 Å². The summed E-state index contributed by atoms with van der Waals surface area (Å²) in [6.07, 6.45) is 5.33. The summed E-state index contributed by atoms with van der Waals surface area (Å²) in [4.78, 5) is 78.1. The number of benzene rings is 5. The Balaban J connectivity index is 1.03. The fourth-order valence-corrected chi connectivity index (χ4v) is 7.03. The summed E-state index contributed by atoms with van der Waals surface area (Å²) in [5, 5.41) is 4.93. The molecule has 1 aromatic heterocycles. The molecule has 0 aliphatic carbocycles. The topological polar surface area (TPSA) is 223 Å². The van der Waals surface area contributed by atoms with Gasteiger partial charge in [0.25, 0.3) is 0 Å². The highest BCUT2D eigenvalue weighted by Crippen LogP contribution is 2.26. The van der Waals surface area contributed by atoms with Gasteiger partial charge < -0.3 is 42.6 Å². The van der Waals surface area contributed by atoms with E-state index in [1.165, 1.54) is 78.2 Å². The molecule has 0 aliphatic heterocycles. The van der Waals surface area contributed by atoms with E-state index < -0.39 is 41.9 Å². The van der Waals surface area contributed by atoms with E-state index in [-0.39, 0.29) is 61.4 Å². The third kappa shape index (κ3) is 17.5. The smallest absolute Gasteiger partial charge is 0.343 e. The van der Waals surface area contributed by atoms with Crippen molar-refractivity contribution in [3.63, 3.8) is 0 Å². The number of anilines is 1. The quantitative estimate of drug-likeness (QED) is 0.00709. The molecule has 0 saturated heterocycles. The van der Waals surface area contributed by atoms with Crippen LogP contribution in [0.15, 0.2) is 158 Å². The normalized spacial score (nSPS) is 11.1. The number of hydrogen-bond donors (Lipinski definition) is 1. The highest BCUT2D eigenvalue weighted by atomic mass is 32.1. The first-order valence-electron chi connectivity index (χ1n) is 22.4. The molecule has 19 heteroatoms. The van der Waals surface area contributed by atoms with Crippen molar-refractivity contribution in [3.05, 3.63) is 181 Å². The average molecular weight is 1010 g/mol. The zero-order chi connectivity index (χ0) is 51.8. The predicted molar refractivity (Wildman–Crippen MR) is 269 cm³/mol. The number of unbranched alkanes of at least 4 members (excludes halogenated alkanes) is 1. The first kappa shape index (κ1) is 53.4. The summed E-state index contributed by atoms with van der Waals surface area (Å²) in [6, 6.07) is 30.8. The van der Waals surface area contributed by atoms with E-state index in [9.17, 15) is 28.8 Å². The molecule has 0 fully saturated rings. The van der Waals surface area contributed by atoms with Crippen molar-refractivity contribution >= 4 is 68.7 Å². The second-order valence-corrected chi connectivity index (χ2v) is 16.2. The SMILES string of the molecule is C=CC(=O)OCCCCOCC(COc1ccc(C(=O)Oc2ccc(CCOC(=O)c3ccc(OC(=O)c4ccc(OCOC(=O)C=C)cc4)cc3)cc2C=NNc2nc3ccccc3s2)cc1)OC(=O)C=C. The second-order valence-electron chi connectivity index (χ2n) is 15.1. The highest BCUT2D eigenvalue weighted by molar-refractivity contribution is 7.22. The molecule has 6 rings (SSSR count). The third-order valence-electron chi connectivity index (χ3n) is 9.92. The van der Waals surface area contributed by atoms with Gasteiger partial charge in [0.05, 0.1) is 52.9 Å². The summed E-state index contributed by atoms with van der Waals surface area (Å²) in [6.45, 7) is 10.3. The summed E-state index contributed by atoms with van der Waals surface area (Å²) in [5.74, 6) is -2.55. The van der Waals surface area contributed by atoms with Crippen molar-refractivity contribution in [2.45, 2.75) is 25.4 Å². The van der Waals surface area contributed by atoms with Crippen LogP contribution >= 0.6 is 11.3 Å². The van der Waals surface area contributed by atoms with Crippen LogP contribution in [0.1, 0.15) is 55.0 Å². The third-order valence-corrected chi connectivity index (χ3v) is 10.9. The van der Waals surface area contributed by atoms with Gasteiger partial charge in [-0.1, -0.05) is 49.3 Å². The van der Waals surface area contributed by atoms with Crippen LogP contribution in [-0.4, -0.2) is 92.9 Å². The fraction of sp³-hybridized carbons (Fsp3) is 0.185. The van der Waals surface area contributed by atoms with Gasteiger partial charge in [0.1, 0.15) is 29.6 Å². The Labute approximate surface area is 423 Å². The molecular formula is C54H49N3O15S. The number of thiazole rings is 1. The largest absolute Gasteiger partial charge is 0.490 e. The molecule has 0 spiro atoms. The van der Waals surface area contributed by atoms with Crippen molar-refractivity contribution in [1.82, 2.24) is 4.98 Å². The number of rotatable bonds is 28. The minimum atomic E-state index is -0.767. The molecule has 6 aromatic rings. The lowest BCUT2D eigenvalue weighted by Gasteiger charge is -2.18. The van der Waals surface area contributed by atoms with Crippen LogP contribution in [0.3, 0.4) is 0 Å². The maximum absolute atomic E-state index is 13.5. The average Bonchev–Trinajstić information content (AvgIpc) is 3.83. The van der Waals surface area contributed by atoms with Crippen LogP contribution in [0, 0.1) is 0 Å². The number of ether oxygens (including phenoxy) is 9. The Morgan fingerprint density at radius 2 is 1.23 bits per heavy atom. The van der Waals surface area contributed by atoms with Gasteiger partial charge in [0, 0.05) is 36.8 Å². The molecule has 0 radical (unpaired) electrons. The molecule has 0 bridgehead atoms. The molecule has 73 heavy (non-hydrogen) atoms. The second kappa shape index (κ2) is 28.0. The summed E-state index contributed by atoms with van der Waals surface area (Å²) < 4.78 is 49.7. The van der Waals surface area contributed by atoms with Gasteiger partial charge >= 0.3 is 35.8 Å². The molecule has 1 atom stereocenters. The monoisotopic (exact) mass is 1010 g/mol. The number of fused-ring (bicyclic) bond motifs is 1. The van der Waals surface area contributed by atoms with Crippen LogP contribution in [0.25, 0.3) is 10.2 Å². The Hall–Kier alpha value is -8.94. The fourth-order valence-electron chi connectivity index (χ4n) is 6.21. The molecule has 1 heterocycles. The van der Waals surface area contributed by atoms with Gasteiger partial charge in [-0.25, -0.2) is 33.8 Å². The van der Waals surface area contributed by atoms with Gasteiger partial charge in [-0.05, 0) is 115 Å². The molecular weight excluding hydrogens is 963 g/mol.